The third-order valence-corrected chi connectivity index (χ3v) is 5.59. The van der Waals surface area contributed by atoms with Crippen LogP contribution in [0.1, 0.15) is 44.2 Å². The maximum atomic E-state index is 13.1. The average Bonchev–Trinajstić information content (AvgIpc) is 3.38. The third kappa shape index (κ3) is 3.96. The lowest BCUT2D eigenvalue weighted by atomic mass is 10.1. The molecule has 1 N–H and O–H groups in total. The molecule has 2 aromatic rings. The van der Waals surface area contributed by atoms with Crippen molar-refractivity contribution in [2.75, 3.05) is 11.5 Å². The summed E-state index contributed by atoms with van der Waals surface area (Å²) in [5, 5.41) is 2.70. The molecule has 1 aromatic carbocycles. The molecule has 0 unspecified atom stereocenters. The zero-order valence-electron chi connectivity index (χ0n) is 16.3. The van der Waals surface area contributed by atoms with Gasteiger partial charge in [0.2, 0.25) is 0 Å². The molecule has 4 rings (SSSR count). The van der Waals surface area contributed by atoms with Gasteiger partial charge in [-0.2, -0.15) is 0 Å². The molecule has 1 aromatic heterocycles. The monoisotopic (exact) mass is 409 g/mol. The van der Waals surface area contributed by atoms with E-state index >= 15 is 0 Å². The van der Waals surface area contributed by atoms with Gasteiger partial charge in [-0.15, -0.1) is 0 Å². The van der Waals surface area contributed by atoms with Crippen LogP contribution < -0.4 is 15.0 Å². The maximum absolute atomic E-state index is 13.1. The van der Waals surface area contributed by atoms with E-state index in [-0.39, 0.29) is 10.7 Å². The van der Waals surface area contributed by atoms with Crippen LogP contribution in [0.3, 0.4) is 0 Å². The number of hydrogen-bond acceptors (Lipinski definition) is 4. The van der Waals surface area contributed by atoms with Gasteiger partial charge in [-0.1, -0.05) is 12.8 Å². The molecule has 6 nitrogen and oxygen atoms in total. The average molecular weight is 410 g/mol. The number of ether oxygens (including phenoxy) is 1. The van der Waals surface area contributed by atoms with E-state index in [4.69, 9.17) is 17.0 Å². The third-order valence-electron chi connectivity index (χ3n) is 5.30. The number of aromatic nitrogens is 1. The Hall–Kier alpha value is -2.93. The van der Waals surface area contributed by atoms with Crippen LogP contribution in [0, 0.1) is 0 Å². The van der Waals surface area contributed by atoms with Crippen LogP contribution in [0.4, 0.5) is 5.69 Å². The number of thiocarbonyl (C=S) groups is 1. The Bertz CT molecular complexity index is 971. The second-order valence-electron chi connectivity index (χ2n) is 7.22. The van der Waals surface area contributed by atoms with Crippen molar-refractivity contribution in [1.29, 1.82) is 0 Å². The van der Waals surface area contributed by atoms with Crippen molar-refractivity contribution in [1.82, 2.24) is 9.88 Å². The summed E-state index contributed by atoms with van der Waals surface area (Å²) in [6.45, 7) is 2.47. The van der Waals surface area contributed by atoms with Crippen molar-refractivity contribution in [3.8, 4) is 5.75 Å². The minimum atomic E-state index is -0.476. The molecule has 29 heavy (non-hydrogen) atoms. The normalized spacial score (nSPS) is 19.1. The Morgan fingerprint density at radius 2 is 1.90 bits per heavy atom. The molecular formula is C22H23N3O3S. The Morgan fingerprint density at radius 1 is 1.17 bits per heavy atom. The topological polar surface area (TPSA) is 63.6 Å². The molecule has 1 aliphatic heterocycles. The summed E-state index contributed by atoms with van der Waals surface area (Å²) in [6, 6.07) is 9.49. The first-order valence-electron chi connectivity index (χ1n) is 9.88. The molecule has 0 bridgehead atoms. The second-order valence-corrected chi connectivity index (χ2v) is 7.60. The summed E-state index contributed by atoms with van der Waals surface area (Å²) in [5.41, 5.74) is 1.48. The highest BCUT2D eigenvalue weighted by Crippen LogP contribution is 2.30. The van der Waals surface area contributed by atoms with E-state index in [2.05, 4.69) is 9.88 Å². The number of benzene rings is 1. The van der Waals surface area contributed by atoms with Gasteiger partial charge in [0, 0.05) is 18.4 Å². The first-order valence-corrected chi connectivity index (χ1v) is 10.3. The van der Waals surface area contributed by atoms with E-state index in [0.29, 0.717) is 24.1 Å². The van der Waals surface area contributed by atoms with Crippen molar-refractivity contribution in [3.63, 3.8) is 0 Å². The highest BCUT2D eigenvalue weighted by atomic mass is 32.1. The van der Waals surface area contributed by atoms with E-state index < -0.39 is 11.8 Å². The lowest BCUT2D eigenvalue weighted by Crippen LogP contribution is -2.54. The van der Waals surface area contributed by atoms with Crippen molar-refractivity contribution in [2.24, 2.45) is 0 Å². The van der Waals surface area contributed by atoms with Gasteiger partial charge in [0.25, 0.3) is 11.8 Å². The zero-order valence-corrected chi connectivity index (χ0v) is 17.1. The Kier molecular flexibility index (Phi) is 5.49. The van der Waals surface area contributed by atoms with Gasteiger partial charge in [-0.3, -0.25) is 19.8 Å². The highest BCUT2D eigenvalue weighted by Gasteiger charge is 2.34. The van der Waals surface area contributed by atoms with Crippen LogP contribution in [0.2, 0.25) is 0 Å². The molecule has 1 saturated carbocycles. The molecule has 7 heteroatoms. The predicted molar refractivity (Wildman–Crippen MR) is 116 cm³/mol. The number of carbonyl (C=O) groups is 2. The molecule has 150 valence electrons. The van der Waals surface area contributed by atoms with Gasteiger partial charge in [0.05, 0.1) is 12.3 Å². The SMILES string of the molecule is CCOc1ccc(N2C(=O)/C(=C\c3ccn(C4CCCC4)c3)C(=O)NC2=S)cc1. The number of nitrogens with one attached hydrogen (secondary N) is 1. The summed E-state index contributed by atoms with van der Waals surface area (Å²) < 4.78 is 7.62. The second kappa shape index (κ2) is 8.21. The van der Waals surface area contributed by atoms with Gasteiger partial charge in [0.1, 0.15) is 11.3 Å². The number of amides is 2. The van der Waals surface area contributed by atoms with Gasteiger partial charge in [-0.25, -0.2) is 0 Å². The van der Waals surface area contributed by atoms with E-state index in [1.165, 1.54) is 30.6 Å². The fraction of sp³-hybridized carbons (Fsp3) is 0.318. The molecule has 0 radical (unpaired) electrons. The quantitative estimate of drug-likeness (QED) is 0.463. The molecule has 0 spiro atoms. The number of nitrogens with zero attached hydrogens (tertiary/aromatic N) is 2. The largest absolute Gasteiger partial charge is 0.494 e. The molecule has 2 fully saturated rings. The van der Waals surface area contributed by atoms with E-state index in [9.17, 15) is 9.59 Å². The Morgan fingerprint density at radius 3 is 2.59 bits per heavy atom. The Balaban J connectivity index is 1.60. The first-order chi connectivity index (χ1) is 14.1. The van der Waals surface area contributed by atoms with Gasteiger partial charge in [-0.05, 0) is 74.0 Å². The molecule has 2 aliphatic rings. The Labute approximate surface area is 175 Å². The number of carbonyl (C=O) groups excluding carboxylic acids is 2. The lowest BCUT2D eigenvalue weighted by molar-refractivity contribution is -0.122. The summed E-state index contributed by atoms with van der Waals surface area (Å²) in [5.74, 6) is -0.202. The smallest absolute Gasteiger partial charge is 0.270 e. The predicted octanol–water partition coefficient (Wildman–Crippen LogP) is 3.83. The number of rotatable bonds is 5. The molecular weight excluding hydrogens is 386 g/mol. The minimum Gasteiger partial charge on any atom is -0.494 e. The van der Waals surface area contributed by atoms with Gasteiger partial charge >= 0.3 is 0 Å². The van der Waals surface area contributed by atoms with Crippen molar-refractivity contribution in [2.45, 2.75) is 38.6 Å². The summed E-state index contributed by atoms with van der Waals surface area (Å²) in [4.78, 5) is 26.9. The highest BCUT2D eigenvalue weighted by molar-refractivity contribution is 7.80. The summed E-state index contributed by atoms with van der Waals surface area (Å²) >= 11 is 5.25. The van der Waals surface area contributed by atoms with E-state index in [1.807, 2.05) is 25.4 Å². The van der Waals surface area contributed by atoms with Crippen molar-refractivity contribution >= 4 is 40.9 Å². The fourth-order valence-corrected chi connectivity index (χ4v) is 4.14. The van der Waals surface area contributed by atoms with Crippen LogP contribution in [-0.2, 0) is 9.59 Å². The molecule has 2 heterocycles. The van der Waals surface area contributed by atoms with E-state index in [0.717, 1.165) is 5.56 Å². The van der Waals surface area contributed by atoms with Crippen LogP contribution >= 0.6 is 12.2 Å². The van der Waals surface area contributed by atoms with E-state index in [1.54, 1.807) is 30.3 Å². The van der Waals surface area contributed by atoms with Crippen LogP contribution in [0.5, 0.6) is 5.75 Å². The van der Waals surface area contributed by atoms with Crippen LogP contribution in [0.25, 0.3) is 6.08 Å². The lowest BCUT2D eigenvalue weighted by Gasteiger charge is -2.29. The van der Waals surface area contributed by atoms with Crippen LogP contribution in [-0.4, -0.2) is 28.1 Å². The molecule has 1 aliphatic carbocycles. The van der Waals surface area contributed by atoms with Gasteiger partial charge < -0.3 is 9.30 Å². The zero-order chi connectivity index (χ0) is 20.4. The summed E-state index contributed by atoms with van der Waals surface area (Å²) in [6.07, 6.45) is 10.5. The van der Waals surface area contributed by atoms with Crippen molar-refractivity contribution < 1.29 is 14.3 Å². The minimum absolute atomic E-state index is 0.0663. The van der Waals surface area contributed by atoms with Gasteiger partial charge in [0.15, 0.2) is 5.11 Å². The maximum Gasteiger partial charge on any atom is 0.270 e. The molecule has 1 saturated heterocycles. The molecule has 0 atom stereocenters. The first kappa shape index (κ1) is 19.4. The van der Waals surface area contributed by atoms with Crippen LogP contribution in [0.15, 0.2) is 48.3 Å². The molecule has 2 amide bonds. The number of anilines is 1. The number of hydrogen-bond donors (Lipinski definition) is 1. The fourth-order valence-electron chi connectivity index (χ4n) is 3.86. The standard InChI is InChI=1S/C22H23N3O3S/c1-2-28-18-9-7-17(8-10-18)25-21(27)19(20(26)23-22(25)29)13-15-11-12-24(14-15)16-5-3-4-6-16/h7-14,16H,2-6H2,1H3,(H,23,26,29)/b19-13-. The van der Waals surface area contributed by atoms with Crippen molar-refractivity contribution in [3.05, 3.63) is 53.9 Å². The summed E-state index contributed by atoms with van der Waals surface area (Å²) in [7, 11) is 0.